The van der Waals surface area contributed by atoms with E-state index in [1.165, 1.54) is 4.31 Å². The molecule has 9 nitrogen and oxygen atoms in total. The molecule has 10 heteroatoms. The highest BCUT2D eigenvalue weighted by molar-refractivity contribution is 7.76. The van der Waals surface area contributed by atoms with Gasteiger partial charge in [0.1, 0.15) is 0 Å². The normalized spacial score (nSPS) is 24.0. The zero-order chi connectivity index (χ0) is 15.3. The first-order valence-electron chi connectivity index (χ1n) is 7.22. The molecule has 0 amide bonds. The Hall–Kier alpha value is -1.78. The van der Waals surface area contributed by atoms with Gasteiger partial charge in [0.2, 0.25) is 5.95 Å². The first-order chi connectivity index (χ1) is 10.6. The minimum Gasteiger partial charge on any atom is -0.760 e. The van der Waals surface area contributed by atoms with E-state index in [4.69, 9.17) is 5.73 Å². The molecule has 1 aliphatic carbocycles. The zero-order valence-electron chi connectivity index (χ0n) is 11.8. The summed E-state index contributed by atoms with van der Waals surface area (Å²) in [6, 6.07) is 0.457. The Morgan fingerprint density at radius 1 is 1.36 bits per heavy atom. The Morgan fingerprint density at radius 2 is 2.18 bits per heavy atom. The second-order valence-corrected chi connectivity index (χ2v) is 6.67. The fraction of sp³-hybridized carbons (Fsp3) is 0.583. The van der Waals surface area contributed by atoms with Crippen molar-refractivity contribution in [2.75, 3.05) is 24.1 Å². The molecule has 3 heterocycles. The monoisotopic (exact) mass is 322 g/mol. The second-order valence-electron chi connectivity index (χ2n) is 5.72. The smallest absolute Gasteiger partial charge is 0.224 e. The number of nitrogens with two attached hydrogens (primary N) is 1. The van der Waals surface area contributed by atoms with Crippen LogP contribution in [0.2, 0.25) is 0 Å². The molecule has 1 saturated heterocycles. The Morgan fingerprint density at radius 3 is 2.86 bits per heavy atom. The molecule has 118 valence electrons. The van der Waals surface area contributed by atoms with Crippen molar-refractivity contribution < 1.29 is 8.76 Å². The molecule has 2 aromatic heterocycles. The van der Waals surface area contributed by atoms with E-state index in [-0.39, 0.29) is 12.0 Å². The fourth-order valence-corrected chi connectivity index (χ4v) is 3.38. The van der Waals surface area contributed by atoms with Crippen molar-refractivity contribution in [3.63, 3.8) is 0 Å². The number of hydrogen-bond acceptors (Lipinski definition) is 7. The lowest BCUT2D eigenvalue weighted by Gasteiger charge is -2.18. The molecule has 0 bridgehead atoms. The Kier molecular flexibility index (Phi) is 3.24. The summed E-state index contributed by atoms with van der Waals surface area (Å²) in [5.74, 6) is 0.769. The summed E-state index contributed by atoms with van der Waals surface area (Å²) in [6.07, 6.45) is 4.76. The molecule has 3 N–H and O–H groups in total. The van der Waals surface area contributed by atoms with Gasteiger partial charge in [0.05, 0.1) is 6.33 Å². The van der Waals surface area contributed by atoms with Crippen molar-refractivity contribution in [1.29, 1.82) is 0 Å². The molecular weight excluding hydrogens is 306 g/mol. The van der Waals surface area contributed by atoms with Gasteiger partial charge < -0.3 is 20.2 Å². The third-order valence-corrected chi connectivity index (χ3v) is 4.83. The van der Waals surface area contributed by atoms with Crippen molar-refractivity contribution in [3.8, 4) is 0 Å². The Balaban J connectivity index is 1.63. The molecule has 1 aliphatic heterocycles. The van der Waals surface area contributed by atoms with E-state index < -0.39 is 11.3 Å². The van der Waals surface area contributed by atoms with Crippen molar-refractivity contribution in [2.24, 2.45) is 0 Å². The van der Waals surface area contributed by atoms with Gasteiger partial charge in [-0.2, -0.15) is 9.97 Å². The van der Waals surface area contributed by atoms with Crippen LogP contribution >= 0.6 is 0 Å². The van der Waals surface area contributed by atoms with Gasteiger partial charge >= 0.3 is 0 Å². The maximum Gasteiger partial charge on any atom is 0.224 e. The standard InChI is InChI=1S/C12H17N7O2S/c13-12-16-10(15-7-3-4-18(5-7)22(20)21)9-11(17-12)19(6-14-9)8-1-2-8/h6-8H,1-5H2,(H,20,21)(H3,13,15,16,17)/p-1. The maximum absolute atomic E-state index is 11.0. The Bertz CT molecular complexity index is 744. The fourth-order valence-electron chi connectivity index (χ4n) is 2.83. The highest BCUT2D eigenvalue weighted by Gasteiger charge is 2.28. The van der Waals surface area contributed by atoms with Crippen molar-refractivity contribution in [1.82, 2.24) is 23.8 Å². The van der Waals surface area contributed by atoms with Crippen LogP contribution in [0.15, 0.2) is 6.33 Å². The van der Waals surface area contributed by atoms with E-state index in [9.17, 15) is 8.76 Å². The molecule has 1 saturated carbocycles. The van der Waals surface area contributed by atoms with Crippen LogP contribution < -0.4 is 11.1 Å². The molecule has 2 aliphatic rings. The number of rotatable bonds is 4. The van der Waals surface area contributed by atoms with E-state index >= 15 is 0 Å². The second kappa shape index (κ2) is 5.14. The number of hydrogen-bond donors (Lipinski definition) is 2. The summed E-state index contributed by atoms with van der Waals surface area (Å²) in [7, 11) is 0. The molecule has 2 aromatic rings. The molecule has 0 spiro atoms. The summed E-state index contributed by atoms with van der Waals surface area (Å²) in [4.78, 5) is 12.9. The van der Waals surface area contributed by atoms with Crippen molar-refractivity contribution in [3.05, 3.63) is 6.33 Å². The number of nitrogens with one attached hydrogen (secondary N) is 1. The SMILES string of the molecule is Nc1nc(NC2CCN(S(=O)[O-])C2)c2ncn(C3CC3)c2n1. The summed E-state index contributed by atoms with van der Waals surface area (Å²) in [6.45, 7) is 0.929. The zero-order valence-corrected chi connectivity index (χ0v) is 12.6. The van der Waals surface area contributed by atoms with Crippen LogP contribution in [0.4, 0.5) is 11.8 Å². The van der Waals surface area contributed by atoms with Gasteiger partial charge in [-0.05, 0) is 19.3 Å². The van der Waals surface area contributed by atoms with Crippen molar-refractivity contribution in [2.45, 2.75) is 31.3 Å². The highest BCUT2D eigenvalue weighted by atomic mass is 32.2. The predicted octanol–water partition coefficient (Wildman–Crippen LogP) is 0.0237. The van der Waals surface area contributed by atoms with Gasteiger partial charge in [0.25, 0.3) is 0 Å². The average molecular weight is 322 g/mol. The van der Waals surface area contributed by atoms with Gasteiger partial charge in [-0.1, -0.05) is 0 Å². The molecule has 22 heavy (non-hydrogen) atoms. The van der Waals surface area contributed by atoms with E-state index in [0.29, 0.717) is 30.5 Å². The van der Waals surface area contributed by atoms with Gasteiger partial charge in [0.15, 0.2) is 17.0 Å². The first kappa shape index (κ1) is 13.9. The topological polar surface area (TPSA) is 125 Å². The van der Waals surface area contributed by atoms with Gasteiger partial charge in [-0.3, -0.25) is 4.21 Å². The van der Waals surface area contributed by atoms with Crippen LogP contribution in [0.5, 0.6) is 0 Å². The molecule has 4 rings (SSSR count). The van der Waals surface area contributed by atoms with Crippen LogP contribution in [-0.2, 0) is 11.3 Å². The molecule has 2 unspecified atom stereocenters. The lowest BCUT2D eigenvalue weighted by atomic mass is 10.2. The maximum atomic E-state index is 11.0. The van der Waals surface area contributed by atoms with E-state index in [0.717, 1.165) is 24.9 Å². The van der Waals surface area contributed by atoms with E-state index in [1.807, 2.05) is 4.57 Å². The summed E-state index contributed by atoms with van der Waals surface area (Å²) < 4.78 is 25.4. The number of imidazole rings is 1. The summed E-state index contributed by atoms with van der Waals surface area (Å²) in [5.41, 5.74) is 7.23. The first-order valence-corrected chi connectivity index (χ1v) is 8.26. The lowest BCUT2D eigenvalue weighted by Crippen LogP contribution is -2.28. The van der Waals surface area contributed by atoms with Gasteiger partial charge in [0, 0.05) is 36.4 Å². The minimum atomic E-state index is -2.18. The van der Waals surface area contributed by atoms with Crippen molar-refractivity contribution >= 4 is 34.2 Å². The van der Waals surface area contributed by atoms with Crippen LogP contribution in [0.3, 0.4) is 0 Å². The predicted molar refractivity (Wildman–Crippen MR) is 80.5 cm³/mol. The van der Waals surface area contributed by atoms with E-state index in [2.05, 4.69) is 20.3 Å². The van der Waals surface area contributed by atoms with Crippen LogP contribution in [0.1, 0.15) is 25.3 Å². The number of aromatic nitrogens is 4. The number of nitrogens with zero attached hydrogens (tertiary/aromatic N) is 5. The van der Waals surface area contributed by atoms with E-state index in [1.54, 1.807) is 6.33 Å². The molecular formula is C12H16N7O2S-. The third kappa shape index (κ3) is 2.42. The number of fused-ring (bicyclic) bond motifs is 1. The number of anilines is 2. The van der Waals surface area contributed by atoms with Crippen LogP contribution in [0, 0.1) is 0 Å². The summed E-state index contributed by atoms with van der Waals surface area (Å²) in [5, 5.41) is 3.26. The lowest BCUT2D eigenvalue weighted by molar-refractivity contribution is 0.436. The number of nitrogen functional groups attached to an aromatic ring is 1. The molecule has 2 atom stereocenters. The largest absolute Gasteiger partial charge is 0.760 e. The van der Waals surface area contributed by atoms with Crippen LogP contribution in [-0.4, -0.2) is 51.7 Å². The Labute approximate surface area is 129 Å². The van der Waals surface area contributed by atoms with Gasteiger partial charge in [-0.25, -0.2) is 9.29 Å². The highest BCUT2D eigenvalue weighted by Crippen LogP contribution is 2.37. The molecule has 2 fully saturated rings. The molecule has 0 aromatic carbocycles. The summed E-state index contributed by atoms with van der Waals surface area (Å²) >= 11 is -2.18. The van der Waals surface area contributed by atoms with Crippen LogP contribution in [0.25, 0.3) is 11.2 Å². The molecule has 0 radical (unpaired) electrons. The van der Waals surface area contributed by atoms with Gasteiger partial charge in [-0.15, -0.1) is 0 Å². The third-order valence-electron chi connectivity index (χ3n) is 4.08. The quantitative estimate of drug-likeness (QED) is 0.760. The average Bonchev–Trinajstić information content (AvgIpc) is 3.05. The minimum absolute atomic E-state index is 0.00137.